The van der Waals surface area contributed by atoms with Crippen LogP contribution in [0.2, 0.25) is 0 Å². The molecular formula is C14H14N2O2S2. The van der Waals surface area contributed by atoms with Crippen LogP contribution in [0.1, 0.15) is 26.7 Å². The predicted octanol–water partition coefficient (Wildman–Crippen LogP) is 3.69. The molecule has 6 heteroatoms. The van der Waals surface area contributed by atoms with Crippen LogP contribution in [0.25, 0.3) is 11.0 Å². The Morgan fingerprint density at radius 3 is 1.65 bits per heavy atom. The average molecular weight is 306 g/mol. The molecule has 1 aromatic heterocycles. The van der Waals surface area contributed by atoms with Crippen molar-refractivity contribution in [3.05, 3.63) is 24.3 Å². The van der Waals surface area contributed by atoms with Crippen molar-refractivity contribution in [3.63, 3.8) is 0 Å². The van der Waals surface area contributed by atoms with Gasteiger partial charge in [-0.1, -0.05) is 26.0 Å². The lowest BCUT2D eigenvalue weighted by Crippen LogP contribution is -1.98. The maximum atomic E-state index is 11.6. The molecule has 0 spiro atoms. The van der Waals surface area contributed by atoms with E-state index in [1.807, 2.05) is 24.3 Å². The Hall–Kier alpha value is -1.40. The van der Waals surface area contributed by atoms with Crippen LogP contribution in [0.15, 0.2) is 34.3 Å². The minimum atomic E-state index is 0.0142. The molecule has 0 radical (unpaired) electrons. The number of carbonyl (C=O) groups excluding carboxylic acids is 2. The molecule has 0 saturated carbocycles. The van der Waals surface area contributed by atoms with Crippen molar-refractivity contribution in [2.24, 2.45) is 0 Å². The zero-order chi connectivity index (χ0) is 14.5. The second-order valence-corrected chi connectivity index (χ2v) is 6.07. The third kappa shape index (κ3) is 3.58. The minimum absolute atomic E-state index is 0.0142. The van der Waals surface area contributed by atoms with Gasteiger partial charge in [0, 0.05) is 12.8 Å². The van der Waals surface area contributed by atoms with Gasteiger partial charge in [-0.05, 0) is 35.7 Å². The van der Waals surface area contributed by atoms with Gasteiger partial charge in [-0.3, -0.25) is 9.59 Å². The highest BCUT2D eigenvalue weighted by atomic mass is 32.2. The number of thioether (sulfide) groups is 2. The van der Waals surface area contributed by atoms with Gasteiger partial charge in [0.15, 0.2) is 10.2 Å². The van der Waals surface area contributed by atoms with Crippen LogP contribution in [0.3, 0.4) is 0 Å². The fourth-order valence-corrected chi connectivity index (χ4v) is 2.98. The molecule has 0 aliphatic rings. The van der Waals surface area contributed by atoms with Gasteiger partial charge in [0.2, 0.25) is 0 Å². The molecule has 0 amide bonds. The molecule has 104 valence electrons. The average Bonchev–Trinajstić information content (AvgIpc) is 2.47. The lowest BCUT2D eigenvalue weighted by molar-refractivity contribution is -0.111. The molecule has 0 aliphatic carbocycles. The van der Waals surface area contributed by atoms with E-state index in [0.29, 0.717) is 22.9 Å². The number of hydrogen-bond acceptors (Lipinski definition) is 6. The Morgan fingerprint density at radius 2 is 1.30 bits per heavy atom. The van der Waals surface area contributed by atoms with Gasteiger partial charge < -0.3 is 0 Å². The van der Waals surface area contributed by atoms with Crippen molar-refractivity contribution >= 4 is 44.8 Å². The van der Waals surface area contributed by atoms with Crippen LogP contribution in [-0.4, -0.2) is 20.2 Å². The van der Waals surface area contributed by atoms with Crippen molar-refractivity contribution < 1.29 is 9.59 Å². The standard InChI is InChI=1S/C14H14N2O2S2/c1-3-11(17)19-13-14(20-12(18)4-2)16-10-8-6-5-7-9(10)15-13/h5-8H,3-4H2,1-2H3. The van der Waals surface area contributed by atoms with Crippen LogP contribution in [0, 0.1) is 0 Å². The summed E-state index contributed by atoms with van der Waals surface area (Å²) in [7, 11) is 0. The number of rotatable bonds is 4. The van der Waals surface area contributed by atoms with Crippen LogP contribution in [0.4, 0.5) is 0 Å². The first-order valence-electron chi connectivity index (χ1n) is 6.32. The van der Waals surface area contributed by atoms with E-state index in [2.05, 4.69) is 9.97 Å². The van der Waals surface area contributed by atoms with Gasteiger partial charge in [0.1, 0.15) is 10.1 Å². The van der Waals surface area contributed by atoms with Crippen LogP contribution < -0.4 is 0 Å². The molecule has 0 bridgehead atoms. The molecule has 0 fully saturated rings. The van der Waals surface area contributed by atoms with E-state index in [1.165, 1.54) is 0 Å². The zero-order valence-corrected chi connectivity index (χ0v) is 12.9. The summed E-state index contributed by atoms with van der Waals surface area (Å²) in [6, 6.07) is 7.44. The summed E-state index contributed by atoms with van der Waals surface area (Å²) in [5.74, 6) is 0. The van der Waals surface area contributed by atoms with E-state index in [1.54, 1.807) is 13.8 Å². The normalized spacial score (nSPS) is 10.7. The van der Waals surface area contributed by atoms with Gasteiger partial charge in [-0.25, -0.2) is 9.97 Å². The predicted molar refractivity (Wildman–Crippen MR) is 81.8 cm³/mol. The molecule has 0 N–H and O–H groups in total. The first kappa shape index (κ1) is 15.0. The number of aromatic nitrogens is 2. The second-order valence-electron chi connectivity index (χ2n) is 3.98. The summed E-state index contributed by atoms with van der Waals surface area (Å²) >= 11 is 2.10. The van der Waals surface area contributed by atoms with Crippen LogP contribution in [-0.2, 0) is 9.59 Å². The molecule has 0 saturated heterocycles. The van der Waals surface area contributed by atoms with Crippen molar-refractivity contribution in [1.29, 1.82) is 0 Å². The van der Waals surface area contributed by atoms with Crippen molar-refractivity contribution in [1.82, 2.24) is 9.97 Å². The Balaban J connectivity index is 2.46. The summed E-state index contributed by atoms with van der Waals surface area (Å²) in [6.45, 7) is 3.60. The van der Waals surface area contributed by atoms with Gasteiger partial charge in [0.05, 0.1) is 11.0 Å². The Kier molecular flexibility index (Phi) is 5.14. The lowest BCUT2D eigenvalue weighted by atomic mass is 10.3. The molecule has 20 heavy (non-hydrogen) atoms. The smallest absolute Gasteiger partial charge is 0.194 e. The van der Waals surface area contributed by atoms with E-state index in [-0.39, 0.29) is 10.2 Å². The highest BCUT2D eigenvalue weighted by Crippen LogP contribution is 2.31. The number of para-hydroxylation sites is 2. The lowest BCUT2D eigenvalue weighted by Gasteiger charge is -2.07. The first-order valence-corrected chi connectivity index (χ1v) is 7.95. The van der Waals surface area contributed by atoms with Gasteiger partial charge in [-0.2, -0.15) is 0 Å². The summed E-state index contributed by atoms with van der Waals surface area (Å²) in [5.41, 5.74) is 1.46. The Bertz CT molecular complexity index is 602. The number of carbonyl (C=O) groups is 2. The third-order valence-electron chi connectivity index (χ3n) is 2.51. The summed E-state index contributed by atoms with van der Waals surface area (Å²) in [4.78, 5) is 32.2. The third-order valence-corrected chi connectivity index (χ3v) is 4.62. The van der Waals surface area contributed by atoms with Crippen molar-refractivity contribution in [3.8, 4) is 0 Å². The zero-order valence-electron chi connectivity index (χ0n) is 11.3. The molecule has 0 aliphatic heterocycles. The largest absolute Gasteiger partial charge is 0.287 e. The maximum Gasteiger partial charge on any atom is 0.194 e. The van der Waals surface area contributed by atoms with Gasteiger partial charge in [0.25, 0.3) is 0 Å². The van der Waals surface area contributed by atoms with Crippen molar-refractivity contribution in [2.75, 3.05) is 0 Å². The van der Waals surface area contributed by atoms with Crippen LogP contribution in [0.5, 0.6) is 0 Å². The summed E-state index contributed by atoms with van der Waals surface area (Å²) in [5, 5.41) is 1.06. The molecule has 1 heterocycles. The highest BCUT2D eigenvalue weighted by Gasteiger charge is 2.15. The summed E-state index contributed by atoms with van der Waals surface area (Å²) < 4.78 is 0. The van der Waals surface area contributed by atoms with Gasteiger partial charge in [-0.15, -0.1) is 0 Å². The van der Waals surface area contributed by atoms with Crippen LogP contribution >= 0.6 is 23.5 Å². The Labute approximate surface area is 125 Å². The molecule has 4 nitrogen and oxygen atoms in total. The quantitative estimate of drug-likeness (QED) is 0.803. The maximum absolute atomic E-state index is 11.6. The number of benzene rings is 1. The number of hydrogen-bond donors (Lipinski definition) is 0. The number of fused-ring (bicyclic) bond motifs is 1. The fourth-order valence-electron chi connectivity index (χ4n) is 1.46. The SMILES string of the molecule is CCC(=O)Sc1nc2ccccc2nc1SC(=O)CC. The van der Waals surface area contributed by atoms with Crippen molar-refractivity contribution in [2.45, 2.75) is 36.7 Å². The minimum Gasteiger partial charge on any atom is -0.287 e. The number of nitrogens with zero attached hydrogens (tertiary/aromatic N) is 2. The molecule has 0 unspecified atom stereocenters. The van der Waals surface area contributed by atoms with E-state index in [4.69, 9.17) is 0 Å². The Morgan fingerprint density at radius 1 is 0.900 bits per heavy atom. The van der Waals surface area contributed by atoms with E-state index >= 15 is 0 Å². The first-order chi connectivity index (χ1) is 9.63. The molecule has 2 rings (SSSR count). The van der Waals surface area contributed by atoms with E-state index in [0.717, 1.165) is 34.6 Å². The molecule has 2 aromatic rings. The van der Waals surface area contributed by atoms with E-state index in [9.17, 15) is 9.59 Å². The molecule has 0 atom stereocenters. The van der Waals surface area contributed by atoms with E-state index < -0.39 is 0 Å². The fraction of sp³-hybridized carbons (Fsp3) is 0.286. The summed E-state index contributed by atoms with van der Waals surface area (Å²) in [6.07, 6.45) is 0.843. The molecular weight excluding hydrogens is 292 g/mol. The van der Waals surface area contributed by atoms with Gasteiger partial charge >= 0.3 is 0 Å². The second kappa shape index (κ2) is 6.85. The highest BCUT2D eigenvalue weighted by molar-refractivity contribution is 8.16. The monoisotopic (exact) mass is 306 g/mol. The molecule has 1 aromatic carbocycles. The topological polar surface area (TPSA) is 59.9 Å².